The van der Waals surface area contributed by atoms with E-state index in [2.05, 4.69) is 45.8 Å². The molecule has 0 bridgehead atoms. The number of alkyl carbamates (subject to hydrolysis) is 1. The molecule has 13 heteroatoms. The van der Waals surface area contributed by atoms with Crippen molar-refractivity contribution in [2.45, 2.75) is 39.5 Å². The van der Waals surface area contributed by atoms with Crippen molar-refractivity contribution in [3.63, 3.8) is 0 Å². The topological polar surface area (TPSA) is 164 Å². The highest BCUT2D eigenvalue weighted by Crippen LogP contribution is 2.32. The lowest BCUT2D eigenvalue weighted by molar-refractivity contribution is -0.00776. The minimum absolute atomic E-state index is 0.151. The first-order valence-electron chi connectivity index (χ1n) is 15.2. The molecule has 4 aromatic rings. The van der Waals surface area contributed by atoms with E-state index in [1.807, 2.05) is 12.1 Å². The smallest absolute Gasteiger partial charge is 0.407 e. The van der Waals surface area contributed by atoms with Crippen LogP contribution in [0.2, 0.25) is 0 Å². The fourth-order valence-corrected chi connectivity index (χ4v) is 4.82. The Morgan fingerprint density at radius 3 is 2.57 bits per heavy atom. The van der Waals surface area contributed by atoms with Gasteiger partial charge in [0.25, 0.3) is 0 Å². The highest BCUT2D eigenvalue weighted by Gasteiger charge is 2.20. The molecule has 0 aliphatic heterocycles. The number of ether oxygens (including phenoxy) is 3. The van der Waals surface area contributed by atoms with E-state index in [1.165, 1.54) is 13.5 Å². The highest BCUT2D eigenvalue weighted by molar-refractivity contribution is 6.00. The number of furan rings is 1. The molecule has 47 heavy (non-hydrogen) atoms. The summed E-state index contributed by atoms with van der Waals surface area (Å²) in [6, 6.07) is 17.6. The fraction of sp³-hybridized carbons (Fsp3) is 0.353. The molecule has 1 atom stereocenters. The number of anilines is 2. The van der Waals surface area contributed by atoms with Crippen LogP contribution in [0.5, 0.6) is 5.75 Å². The van der Waals surface area contributed by atoms with Crippen LogP contribution in [0.25, 0.3) is 11.3 Å². The van der Waals surface area contributed by atoms with Gasteiger partial charge in [-0.2, -0.15) is 5.26 Å². The predicted molar refractivity (Wildman–Crippen MR) is 175 cm³/mol. The van der Waals surface area contributed by atoms with E-state index in [-0.39, 0.29) is 19.8 Å². The van der Waals surface area contributed by atoms with Crippen LogP contribution in [0, 0.1) is 17.2 Å². The second kappa shape index (κ2) is 18.0. The van der Waals surface area contributed by atoms with E-state index >= 15 is 0 Å². The Labute approximate surface area is 273 Å². The van der Waals surface area contributed by atoms with E-state index < -0.39 is 18.2 Å². The van der Waals surface area contributed by atoms with Crippen molar-refractivity contribution in [3.05, 3.63) is 84.8 Å². The molecular formula is C34H40N6O7. The van der Waals surface area contributed by atoms with Gasteiger partial charge in [-0.1, -0.05) is 26.0 Å². The summed E-state index contributed by atoms with van der Waals surface area (Å²) < 4.78 is 27.7. The first-order valence-corrected chi connectivity index (χ1v) is 15.2. The highest BCUT2D eigenvalue weighted by atomic mass is 16.6. The quantitative estimate of drug-likeness (QED) is 0.119. The van der Waals surface area contributed by atoms with Crippen LogP contribution in [-0.2, 0) is 22.6 Å². The van der Waals surface area contributed by atoms with Gasteiger partial charge >= 0.3 is 12.1 Å². The molecule has 1 unspecified atom stereocenters. The van der Waals surface area contributed by atoms with Gasteiger partial charge in [0.2, 0.25) is 0 Å². The summed E-state index contributed by atoms with van der Waals surface area (Å²) in [7, 11) is 1.53. The lowest BCUT2D eigenvalue weighted by Gasteiger charge is -2.28. The van der Waals surface area contributed by atoms with Gasteiger partial charge in [-0.05, 0) is 47.9 Å². The molecule has 2 aromatic carbocycles. The summed E-state index contributed by atoms with van der Waals surface area (Å²) in [6.45, 7) is 6.47. The summed E-state index contributed by atoms with van der Waals surface area (Å²) >= 11 is 0. The molecule has 4 rings (SSSR count). The first-order chi connectivity index (χ1) is 22.8. The molecule has 0 radical (unpaired) electrons. The molecular weight excluding hydrogens is 604 g/mol. The van der Waals surface area contributed by atoms with E-state index in [0.29, 0.717) is 59.6 Å². The van der Waals surface area contributed by atoms with Crippen LogP contribution in [-0.4, -0.2) is 61.5 Å². The van der Waals surface area contributed by atoms with Gasteiger partial charge in [-0.15, -0.1) is 0 Å². The van der Waals surface area contributed by atoms with Gasteiger partial charge in [-0.3, -0.25) is 4.90 Å². The Kier molecular flexibility index (Phi) is 13.2. The van der Waals surface area contributed by atoms with Crippen molar-refractivity contribution in [2.24, 2.45) is 5.92 Å². The third-order valence-electron chi connectivity index (χ3n) is 6.81. The average Bonchev–Trinajstić information content (AvgIpc) is 3.78. The SMILES string of the molecule is COc1cc(NC(=O)Nc2cccc(CNC(=O)OC(COCc3ccco3)CN(CCC#N)CC(C)C)c2)ccc1-c1cnco1. The van der Waals surface area contributed by atoms with Gasteiger partial charge < -0.3 is 39.0 Å². The molecule has 0 spiro atoms. The van der Waals surface area contributed by atoms with Crippen LogP contribution in [0.4, 0.5) is 21.0 Å². The second-order valence-corrected chi connectivity index (χ2v) is 11.1. The molecule has 0 aliphatic rings. The predicted octanol–water partition coefficient (Wildman–Crippen LogP) is 6.27. The van der Waals surface area contributed by atoms with E-state index in [1.54, 1.807) is 54.9 Å². The summed E-state index contributed by atoms with van der Waals surface area (Å²) in [6.07, 6.45) is 3.66. The van der Waals surface area contributed by atoms with Crippen molar-refractivity contribution < 1.29 is 32.6 Å². The van der Waals surface area contributed by atoms with Crippen molar-refractivity contribution >= 4 is 23.5 Å². The number of oxazole rings is 1. The third-order valence-corrected chi connectivity index (χ3v) is 6.81. The van der Waals surface area contributed by atoms with Gasteiger partial charge in [-0.25, -0.2) is 14.6 Å². The zero-order valence-corrected chi connectivity index (χ0v) is 26.7. The fourth-order valence-electron chi connectivity index (χ4n) is 4.82. The van der Waals surface area contributed by atoms with Crippen LogP contribution >= 0.6 is 0 Å². The summed E-state index contributed by atoms with van der Waals surface area (Å²) in [4.78, 5) is 31.7. The molecule has 248 valence electrons. The third kappa shape index (κ3) is 11.5. The molecule has 2 aromatic heterocycles. The average molecular weight is 645 g/mol. The number of methoxy groups -OCH3 is 1. The maximum atomic E-state index is 12.9. The van der Waals surface area contributed by atoms with Gasteiger partial charge in [0.1, 0.15) is 24.2 Å². The monoisotopic (exact) mass is 644 g/mol. The van der Waals surface area contributed by atoms with Crippen LogP contribution in [0.1, 0.15) is 31.6 Å². The second-order valence-electron chi connectivity index (χ2n) is 11.1. The van der Waals surface area contributed by atoms with Gasteiger partial charge in [0.05, 0.1) is 37.8 Å². The minimum Gasteiger partial charge on any atom is -0.496 e. The van der Waals surface area contributed by atoms with Crippen LogP contribution in [0.3, 0.4) is 0 Å². The van der Waals surface area contributed by atoms with Gasteiger partial charge in [0, 0.05) is 50.0 Å². The summed E-state index contributed by atoms with van der Waals surface area (Å²) in [5, 5.41) is 17.5. The van der Waals surface area contributed by atoms with Crippen LogP contribution < -0.4 is 20.7 Å². The number of nitriles is 1. The maximum absolute atomic E-state index is 12.9. The molecule has 0 saturated carbocycles. The minimum atomic E-state index is -0.611. The Balaban J connectivity index is 1.31. The Morgan fingerprint density at radius 1 is 1.04 bits per heavy atom. The number of carbonyl (C=O) groups is 2. The number of aromatic nitrogens is 1. The number of nitrogens with zero attached hydrogens (tertiary/aromatic N) is 3. The molecule has 3 amide bonds. The van der Waals surface area contributed by atoms with Crippen molar-refractivity contribution in [1.82, 2.24) is 15.2 Å². The Morgan fingerprint density at radius 2 is 1.87 bits per heavy atom. The number of amides is 3. The normalized spacial score (nSPS) is 11.6. The van der Waals surface area contributed by atoms with Gasteiger partial charge in [0.15, 0.2) is 12.2 Å². The van der Waals surface area contributed by atoms with E-state index in [9.17, 15) is 9.59 Å². The molecule has 2 heterocycles. The van der Waals surface area contributed by atoms with E-state index in [0.717, 1.165) is 12.1 Å². The van der Waals surface area contributed by atoms with Crippen molar-refractivity contribution in [1.29, 1.82) is 5.26 Å². The number of hydrogen-bond acceptors (Lipinski definition) is 10. The standard InChI is InChI=1S/C34H40N6O7/c1-24(2)19-40(13-6-12-35)20-29(22-44-21-28-9-5-14-45-28)47-34(42)37-17-25-7-4-8-26(15-25)38-33(41)39-27-10-11-30(31(16-27)43-3)32-18-36-23-46-32/h4-5,7-11,14-16,18,23-24,29H,6,13,17,19-22H2,1-3H3,(H,37,42)(H2,38,39,41). The molecule has 0 fully saturated rings. The van der Waals surface area contributed by atoms with E-state index in [4.69, 9.17) is 28.3 Å². The molecule has 0 aliphatic carbocycles. The number of nitrogens with one attached hydrogen (secondary N) is 3. The first kappa shape index (κ1) is 34.6. The van der Waals surface area contributed by atoms with Crippen molar-refractivity contribution in [3.8, 4) is 23.1 Å². The molecule has 13 nitrogen and oxygen atoms in total. The van der Waals surface area contributed by atoms with Crippen molar-refractivity contribution in [2.75, 3.05) is 44.0 Å². The number of hydrogen-bond donors (Lipinski definition) is 3. The molecule has 0 saturated heterocycles. The lowest BCUT2D eigenvalue weighted by Crippen LogP contribution is -2.41. The zero-order valence-electron chi connectivity index (χ0n) is 26.7. The summed E-state index contributed by atoms with van der Waals surface area (Å²) in [5.41, 5.74) is 2.50. The molecule has 3 N–H and O–H groups in total. The number of rotatable bonds is 17. The largest absolute Gasteiger partial charge is 0.496 e. The number of benzene rings is 2. The summed E-state index contributed by atoms with van der Waals surface area (Å²) in [5.74, 6) is 2.09. The maximum Gasteiger partial charge on any atom is 0.407 e. The Bertz CT molecular complexity index is 1580. The zero-order chi connectivity index (χ0) is 33.4. The van der Waals surface area contributed by atoms with Crippen LogP contribution in [0.15, 0.2) is 82.3 Å². The lowest BCUT2D eigenvalue weighted by atomic mass is 10.1. The number of carbonyl (C=O) groups excluding carboxylic acids is 2. The Hall–Kier alpha value is -5.32. The number of urea groups is 1.